The van der Waals surface area contributed by atoms with Gasteiger partial charge in [0.15, 0.2) is 5.22 Å². The van der Waals surface area contributed by atoms with Crippen molar-refractivity contribution in [2.45, 2.75) is 19.8 Å². The Morgan fingerprint density at radius 2 is 2.36 bits per heavy atom. The number of carbonyl (C=O) groups excluding carboxylic acids is 1. The van der Waals surface area contributed by atoms with Crippen LogP contribution in [0.25, 0.3) is 0 Å². The highest BCUT2D eigenvalue weighted by Crippen LogP contribution is 2.24. The quantitative estimate of drug-likeness (QED) is 0.642. The van der Waals surface area contributed by atoms with Crippen molar-refractivity contribution in [2.24, 2.45) is 0 Å². The van der Waals surface area contributed by atoms with E-state index in [0.29, 0.717) is 11.0 Å². The van der Waals surface area contributed by atoms with Crippen molar-refractivity contribution in [3.05, 3.63) is 22.6 Å². The first-order valence-corrected chi connectivity index (χ1v) is 3.74. The average Bonchev–Trinajstić information content (AvgIpc) is 2.28. The molecular weight excluding hydrogens is 164 g/mol. The molecule has 1 rings (SSSR count). The number of aldehydes is 1. The molecule has 0 radical (unpaired) electrons. The summed E-state index contributed by atoms with van der Waals surface area (Å²) in [5.74, 6) is 0.451. The summed E-state index contributed by atoms with van der Waals surface area (Å²) in [5.41, 5.74) is 0.926. The fourth-order valence-corrected chi connectivity index (χ4v) is 1.22. The van der Waals surface area contributed by atoms with Gasteiger partial charge in [0.2, 0.25) is 0 Å². The van der Waals surface area contributed by atoms with Crippen LogP contribution in [0.15, 0.2) is 10.5 Å². The number of carbonyl (C=O) groups is 1. The van der Waals surface area contributed by atoms with Gasteiger partial charge in [-0.25, -0.2) is 0 Å². The lowest BCUT2D eigenvalue weighted by Crippen LogP contribution is -1.93. The van der Waals surface area contributed by atoms with Gasteiger partial charge in [-0.3, -0.25) is 0 Å². The van der Waals surface area contributed by atoms with Crippen LogP contribution in [0.4, 0.5) is 0 Å². The second kappa shape index (κ2) is 3.09. The van der Waals surface area contributed by atoms with Gasteiger partial charge >= 0.3 is 0 Å². The summed E-state index contributed by atoms with van der Waals surface area (Å²) in [6, 6.07) is 1.71. The lowest BCUT2D eigenvalue weighted by atomic mass is 10.1. The zero-order valence-corrected chi connectivity index (χ0v) is 7.18. The molecule has 60 valence electrons. The van der Waals surface area contributed by atoms with Crippen molar-refractivity contribution < 1.29 is 9.21 Å². The maximum absolute atomic E-state index is 10.4. The topological polar surface area (TPSA) is 30.2 Å². The molecular formula is C8H9ClO2. The normalized spacial score (nSPS) is 13.0. The highest BCUT2D eigenvalue weighted by molar-refractivity contribution is 6.28. The van der Waals surface area contributed by atoms with Crippen LogP contribution in [-0.4, -0.2) is 6.29 Å². The molecule has 0 fully saturated rings. The Hall–Kier alpha value is -0.760. The first-order valence-electron chi connectivity index (χ1n) is 3.36. The second-order valence-electron chi connectivity index (χ2n) is 2.52. The number of aryl methyl sites for hydroxylation is 1. The van der Waals surface area contributed by atoms with Crippen LogP contribution in [-0.2, 0) is 4.79 Å². The Balaban J connectivity index is 3.02. The van der Waals surface area contributed by atoms with E-state index in [9.17, 15) is 4.79 Å². The zero-order valence-electron chi connectivity index (χ0n) is 6.43. The van der Waals surface area contributed by atoms with Crippen LogP contribution in [0.1, 0.15) is 24.2 Å². The Morgan fingerprint density at radius 3 is 2.73 bits per heavy atom. The molecule has 0 saturated heterocycles. The minimum absolute atomic E-state index is 0.206. The van der Waals surface area contributed by atoms with Crippen LogP contribution < -0.4 is 0 Å². The van der Waals surface area contributed by atoms with Crippen molar-refractivity contribution in [2.75, 3.05) is 0 Å². The number of hydrogen-bond donors (Lipinski definition) is 0. The molecule has 0 aromatic carbocycles. The minimum atomic E-state index is -0.206. The van der Waals surface area contributed by atoms with Crippen molar-refractivity contribution in [3.63, 3.8) is 0 Å². The lowest BCUT2D eigenvalue weighted by Gasteiger charge is -1.98. The highest BCUT2D eigenvalue weighted by atomic mass is 35.5. The fraction of sp³-hybridized carbons (Fsp3) is 0.375. The molecule has 11 heavy (non-hydrogen) atoms. The summed E-state index contributed by atoms with van der Waals surface area (Å²) in [6.45, 7) is 3.64. The molecule has 1 atom stereocenters. The second-order valence-corrected chi connectivity index (χ2v) is 2.90. The van der Waals surface area contributed by atoms with E-state index in [0.717, 1.165) is 11.8 Å². The summed E-state index contributed by atoms with van der Waals surface area (Å²) in [5, 5.41) is 0.339. The van der Waals surface area contributed by atoms with Gasteiger partial charge in [-0.2, -0.15) is 0 Å². The maximum Gasteiger partial charge on any atom is 0.193 e. The molecule has 0 aliphatic carbocycles. The van der Waals surface area contributed by atoms with Crippen molar-refractivity contribution in [1.29, 1.82) is 0 Å². The van der Waals surface area contributed by atoms with Crippen molar-refractivity contribution in [1.82, 2.24) is 0 Å². The van der Waals surface area contributed by atoms with Gasteiger partial charge in [0.1, 0.15) is 12.0 Å². The summed E-state index contributed by atoms with van der Waals surface area (Å²) in [4.78, 5) is 10.4. The smallest absolute Gasteiger partial charge is 0.193 e. The minimum Gasteiger partial charge on any atom is -0.449 e. The van der Waals surface area contributed by atoms with E-state index in [1.807, 2.05) is 6.92 Å². The van der Waals surface area contributed by atoms with Gasteiger partial charge in [-0.15, -0.1) is 0 Å². The van der Waals surface area contributed by atoms with E-state index in [1.165, 1.54) is 0 Å². The number of furan rings is 1. The predicted octanol–water partition coefficient (Wildman–Crippen LogP) is 2.54. The molecule has 1 unspecified atom stereocenters. The molecule has 3 heteroatoms. The zero-order chi connectivity index (χ0) is 8.43. The third-order valence-electron chi connectivity index (χ3n) is 1.54. The third kappa shape index (κ3) is 1.63. The number of halogens is 1. The van der Waals surface area contributed by atoms with Gasteiger partial charge in [-0.05, 0) is 37.1 Å². The molecule has 2 nitrogen and oxygen atoms in total. The van der Waals surface area contributed by atoms with Crippen LogP contribution in [0, 0.1) is 6.92 Å². The summed E-state index contributed by atoms with van der Waals surface area (Å²) in [6.07, 6.45) is 0.835. The molecule has 0 aliphatic rings. The van der Waals surface area contributed by atoms with Gasteiger partial charge in [-0.1, -0.05) is 0 Å². The van der Waals surface area contributed by atoms with Crippen LogP contribution >= 0.6 is 11.6 Å². The molecule has 0 amide bonds. The molecule has 1 aromatic heterocycles. The molecule has 1 heterocycles. The van der Waals surface area contributed by atoms with E-state index in [2.05, 4.69) is 0 Å². The van der Waals surface area contributed by atoms with Crippen molar-refractivity contribution >= 4 is 17.9 Å². The standard InChI is InChI=1S/C8H9ClO2/c1-5-3-7(9)11-8(5)6(2)4-10/h3-4,6H,1-2H3. The SMILES string of the molecule is Cc1cc(Cl)oc1C(C)C=O. The predicted molar refractivity (Wildman–Crippen MR) is 42.9 cm³/mol. The Labute approximate surface area is 70.2 Å². The first kappa shape index (κ1) is 8.34. The largest absolute Gasteiger partial charge is 0.449 e. The first-order chi connectivity index (χ1) is 5.15. The van der Waals surface area contributed by atoms with E-state index < -0.39 is 0 Å². The summed E-state index contributed by atoms with van der Waals surface area (Å²) < 4.78 is 5.10. The van der Waals surface area contributed by atoms with E-state index in [4.69, 9.17) is 16.0 Å². The Kier molecular flexibility index (Phi) is 2.35. The van der Waals surface area contributed by atoms with Crippen molar-refractivity contribution in [3.8, 4) is 0 Å². The van der Waals surface area contributed by atoms with Gasteiger partial charge < -0.3 is 9.21 Å². The van der Waals surface area contributed by atoms with E-state index >= 15 is 0 Å². The molecule has 1 aromatic rings. The van der Waals surface area contributed by atoms with Gasteiger partial charge in [0.25, 0.3) is 0 Å². The van der Waals surface area contributed by atoms with Crippen LogP contribution in [0.5, 0.6) is 0 Å². The van der Waals surface area contributed by atoms with Gasteiger partial charge in [0, 0.05) is 0 Å². The molecule has 0 aliphatic heterocycles. The maximum atomic E-state index is 10.4. The van der Waals surface area contributed by atoms with E-state index in [-0.39, 0.29) is 5.92 Å². The lowest BCUT2D eigenvalue weighted by molar-refractivity contribution is -0.109. The average molecular weight is 173 g/mol. The molecule has 0 saturated carbocycles. The molecule has 0 N–H and O–H groups in total. The summed E-state index contributed by atoms with van der Waals surface area (Å²) >= 11 is 5.58. The Bertz CT molecular complexity index is 265. The molecule has 0 spiro atoms. The third-order valence-corrected chi connectivity index (χ3v) is 1.73. The summed E-state index contributed by atoms with van der Waals surface area (Å²) in [7, 11) is 0. The number of hydrogen-bond acceptors (Lipinski definition) is 2. The van der Waals surface area contributed by atoms with Crippen LogP contribution in [0.2, 0.25) is 5.22 Å². The fourth-order valence-electron chi connectivity index (χ4n) is 0.970. The van der Waals surface area contributed by atoms with E-state index in [1.54, 1.807) is 13.0 Å². The molecule has 0 bridgehead atoms. The van der Waals surface area contributed by atoms with Gasteiger partial charge in [0.05, 0.1) is 5.92 Å². The monoisotopic (exact) mass is 172 g/mol. The number of rotatable bonds is 2. The van der Waals surface area contributed by atoms with Crippen LogP contribution in [0.3, 0.4) is 0 Å². The Morgan fingerprint density at radius 1 is 1.73 bits per heavy atom. The highest BCUT2D eigenvalue weighted by Gasteiger charge is 2.12.